The van der Waals surface area contributed by atoms with Gasteiger partial charge in [-0.2, -0.15) is 0 Å². The summed E-state index contributed by atoms with van der Waals surface area (Å²) >= 11 is 0. The highest BCUT2D eigenvalue weighted by Gasteiger charge is 2.01. The quantitative estimate of drug-likeness (QED) is 0.729. The van der Waals surface area contributed by atoms with Crippen LogP contribution in [0.15, 0.2) is 42.5 Å². The number of aryl methyl sites for hydroxylation is 2. The van der Waals surface area contributed by atoms with Gasteiger partial charge in [-0.15, -0.1) is 0 Å². The van der Waals surface area contributed by atoms with Crippen LogP contribution in [-0.4, -0.2) is 0 Å². The van der Waals surface area contributed by atoms with E-state index >= 15 is 0 Å². The minimum absolute atomic E-state index is 0.583. The molecule has 0 heterocycles. The number of hydrogen-bond acceptors (Lipinski definition) is 1. The average molecular weight is 268 g/mol. The summed E-state index contributed by atoms with van der Waals surface area (Å²) in [6, 6.07) is 15.2. The molecule has 0 unspecified atom stereocenters. The highest BCUT2D eigenvalue weighted by Crippen LogP contribution is 2.16. The lowest BCUT2D eigenvalue weighted by molar-refractivity contribution is 0.107. The Morgan fingerprint density at radius 2 is 1.60 bits per heavy atom. The highest BCUT2D eigenvalue weighted by atomic mass is 16.5. The lowest BCUT2D eigenvalue weighted by atomic mass is 10.0. The third-order valence-electron chi connectivity index (χ3n) is 3.67. The smallest absolute Gasteiger partial charge is 0.0724 e. The van der Waals surface area contributed by atoms with E-state index in [0.717, 1.165) is 0 Å². The van der Waals surface area contributed by atoms with Crippen LogP contribution in [0.2, 0.25) is 0 Å². The van der Waals surface area contributed by atoms with Crippen LogP contribution in [0.3, 0.4) is 0 Å². The fourth-order valence-electron chi connectivity index (χ4n) is 2.29. The summed E-state index contributed by atoms with van der Waals surface area (Å²) in [6.07, 6.45) is 0. The second-order valence-electron chi connectivity index (χ2n) is 5.82. The van der Waals surface area contributed by atoms with Crippen LogP contribution in [-0.2, 0) is 18.0 Å². The van der Waals surface area contributed by atoms with E-state index in [4.69, 9.17) is 4.74 Å². The molecular weight excluding hydrogens is 244 g/mol. The first-order valence-corrected chi connectivity index (χ1v) is 7.29. The first-order chi connectivity index (χ1) is 9.56. The number of benzene rings is 2. The Morgan fingerprint density at radius 1 is 0.900 bits per heavy atom. The molecule has 2 aromatic rings. The lowest BCUT2D eigenvalue weighted by Gasteiger charge is -2.09. The van der Waals surface area contributed by atoms with Crippen molar-refractivity contribution in [2.45, 2.75) is 46.8 Å². The predicted octanol–water partition coefficient (Wildman–Crippen LogP) is 5.14. The molecule has 0 N–H and O–H groups in total. The van der Waals surface area contributed by atoms with Gasteiger partial charge in [-0.1, -0.05) is 61.9 Å². The Kier molecular flexibility index (Phi) is 4.97. The molecular formula is C19H24O. The summed E-state index contributed by atoms with van der Waals surface area (Å²) in [7, 11) is 0. The molecule has 106 valence electrons. The molecule has 0 spiro atoms. The van der Waals surface area contributed by atoms with Gasteiger partial charge in [-0.05, 0) is 42.0 Å². The topological polar surface area (TPSA) is 9.23 Å². The van der Waals surface area contributed by atoms with Crippen molar-refractivity contribution in [2.24, 2.45) is 0 Å². The summed E-state index contributed by atoms with van der Waals surface area (Å²) in [5, 5.41) is 0. The molecule has 1 heteroatoms. The van der Waals surface area contributed by atoms with Crippen LogP contribution in [0.1, 0.15) is 47.6 Å². The molecule has 20 heavy (non-hydrogen) atoms. The van der Waals surface area contributed by atoms with E-state index in [2.05, 4.69) is 70.2 Å². The molecule has 0 aliphatic rings. The molecule has 0 aliphatic carbocycles. The van der Waals surface area contributed by atoms with E-state index in [0.29, 0.717) is 19.1 Å². The van der Waals surface area contributed by atoms with Crippen molar-refractivity contribution in [3.8, 4) is 0 Å². The zero-order valence-electron chi connectivity index (χ0n) is 12.9. The molecule has 0 radical (unpaired) electrons. The molecule has 0 fully saturated rings. The van der Waals surface area contributed by atoms with E-state index in [1.54, 1.807) is 0 Å². The molecule has 2 aromatic carbocycles. The third-order valence-corrected chi connectivity index (χ3v) is 3.67. The van der Waals surface area contributed by atoms with Crippen LogP contribution >= 0.6 is 0 Å². The second-order valence-corrected chi connectivity index (χ2v) is 5.82. The lowest BCUT2D eigenvalue weighted by Crippen LogP contribution is -1.97. The van der Waals surface area contributed by atoms with Gasteiger partial charge in [0.05, 0.1) is 13.2 Å². The zero-order chi connectivity index (χ0) is 14.5. The summed E-state index contributed by atoms with van der Waals surface area (Å²) in [6.45, 7) is 10.0. The van der Waals surface area contributed by atoms with Gasteiger partial charge in [-0.25, -0.2) is 0 Å². The van der Waals surface area contributed by atoms with Crippen LogP contribution in [0.4, 0.5) is 0 Å². The summed E-state index contributed by atoms with van der Waals surface area (Å²) in [5.74, 6) is 0.583. The van der Waals surface area contributed by atoms with Gasteiger partial charge in [0.1, 0.15) is 0 Å². The largest absolute Gasteiger partial charge is 0.372 e. The van der Waals surface area contributed by atoms with Crippen LogP contribution in [0.5, 0.6) is 0 Å². The molecule has 0 saturated heterocycles. The maximum absolute atomic E-state index is 5.83. The first kappa shape index (κ1) is 14.8. The van der Waals surface area contributed by atoms with E-state index in [-0.39, 0.29) is 0 Å². The Hall–Kier alpha value is -1.60. The Morgan fingerprint density at radius 3 is 2.20 bits per heavy atom. The molecule has 0 bridgehead atoms. The normalized spacial score (nSPS) is 11.1. The molecule has 0 aromatic heterocycles. The van der Waals surface area contributed by atoms with Crippen molar-refractivity contribution in [3.05, 3.63) is 70.3 Å². The highest BCUT2D eigenvalue weighted by molar-refractivity contribution is 5.30. The first-order valence-electron chi connectivity index (χ1n) is 7.29. The number of hydrogen-bond donors (Lipinski definition) is 0. The minimum Gasteiger partial charge on any atom is -0.372 e. The Labute approximate surface area is 122 Å². The van der Waals surface area contributed by atoms with E-state index in [9.17, 15) is 0 Å². The Balaban J connectivity index is 1.89. The fourth-order valence-corrected chi connectivity index (χ4v) is 2.29. The monoisotopic (exact) mass is 268 g/mol. The van der Waals surface area contributed by atoms with Gasteiger partial charge < -0.3 is 4.74 Å². The van der Waals surface area contributed by atoms with E-state index < -0.39 is 0 Å². The molecule has 1 nitrogen and oxygen atoms in total. The minimum atomic E-state index is 0.583. The SMILES string of the molecule is Cc1ccc(COCc2ccc(C(C)C)cc2)c(C)c1. The molecule has 0 saturated carbocycles. The molecule has 0 amide bonds. The van der Waals surface area contributed by atoms with E-state index in [1.807, 2.05) is 0 Å². The fraction of sp³-hybridized carbons (Fsp3) is 0.368. The van der Waals surface area contributed by atoms with Gasteiger partial charge in [0.2, 0.25) is 0 Å². The predicted molar refractivity (Wildman–Crippen MR) is 84.9 cm³/mol. The molecule has 0 aliphatic heterocycles. The van der Waals surface area contributed by atoms with E-state index in [1.165, 1.54) is 27.8 Å². The van der Waals surface area contributed by atoms with Gasteiger partial charge in [0.25, 0.3) is 0 Å². The van der Waals surface area contributed by atoms with Crippen LogP contribution in [0, 0.1) is 13.8 Å². The summed E-state index contributed by atoms with van der Waals surface area (Å²) in [4.78, 5) is 0. The van der Waals surface area contributed by atoms with Gasteiger partial charge in [-0.3, -0.25) is 0 Å². The van der Waals surface area contributed by atoms with Crippen molar-refractivity contribution in [3.63, 3.8) is 0 Å². The maximum atomic E-state index is 5.83. The van der Waals surface area contributed by atoms with Crippen molar-refractivity contribution < 1.29 is 4.74 Å². The second kappa shape index (κ2) is 6.71. The van der Waals surface area contributed by atoms with Gasteiger partial charge in [0, 0.05) is 0 Å². The van der Waals surface area contributed by atoms with Crippen molar-refractivity contribution in [2.75, 3.05) is 0 Å². The maximum Gasteiger partial charge on any atom is 0.0724 e. The zero-order valence-corrected chi connectivity index (χ0v) is 12.9. The Bertz CT molecular complexity index is 552. The summed E-state index contributed by atoms with van der Waals surface area (Å²) in [5.41, 5.74) is 6.49. The van der Waals surface area contributed by atoms with Crippen molar-refractivity contribution in [1.29, 1.82) is 0 Å². The third kappa shape index (κ3) is 3.94. The number of rotatable bonds is 5. The van der Waals surface area contributed by atoms with Gasteiger partial charge >= 0.3 is 0 Å². The van der Waals surface area contributed by atoms with Crippen LogP contribution in [0.25, 0.3) is 0 Å². The van der Waals surface area contributed by atoms with Crippen molar-refractivity contribution >= 4 is 0 Å². The number of ether oxygens (including phenoxy) is 1. The molecule has 0 atom stereocenters. The standard InChI is InChI=1S/C19H24O/c1-14(2)18-9-6-17(7-10-18)12-20-13-19-8-5-15(3)11-16(19)4/h5-11,14H,12-13H2,1-4H3. The van der Waals surface area contributed by atoms with Gasteiger partial charge in [0.15, 0.2) is 0 Å². The van der Waals surface area contributed by atoms with Crippen LogP contribution < -0.4 is 0 Å². The van der Waals surface area contributed by atoms with Crippen molar-refractivity contribution in [1.82, 2.24) is 0 Å². The average Bonchev–Trinajstić information content (AvgIpc) is 2.42. The molecule has 2 rings (SSSR count). The summed E-state index contributed by atoms with van der Waals surface area (Å²) < 4.78 is 5.83.